The van der Waals surface area contributed by atoms with Crippen LogP contribution >= 0.6 is 0 Å². The minimum absolute atomic E-state index is 0.0377. The van der Waals surface area contributed by atoms with E-state index in [1.165, 1.54) is 12.8 Å². The van der Waals surface area contributed by atoms with Crippen molar-refractivity contribution in [3.05, 3.63) is 59.7 Å². The van der Waals surface area contributed by atoms with E-state index in [2.05, 4.69) is 12.2 Å². The first-order valence-corrected chi connectivity index (χ1v) is 9.96. The van der Waals surface area contributed by atoms with Gasteiger partial charge in [-0.05, 0) is 55.8 Å². The lowest BCUT2D eigenvalue weighted by atomic mass is 10.0. The number of ether oxygens (including phenoxy) is 1. The van der Waals surface area contributed by atoms with Crippen molar-refractivity contribution in [1.29, 1.82) is 0 Å². The summed E-state index contributed by atoms with van der Waals surface area (Å²) in [5.74, 6) is 0.759. The van der Waals surface area contributed by atoms with Gasteiger partial charge in [0.1, 0.15) is 5.75 Å². The van der Waals surface area contributed by atoms with Crippen LogP contribution < -0.4 is 10.1 Å². The molecular weight excluding hydrogens is 348 g/mol. The third kappa shape index (κ3) is 4.69. The molecule has 1 heterocycles. The van der Waals surface area contributed by atoms with Gasteiger partial charge in [-0.25, -0.2) is 4.98 Å². The molecule has 1 aromatic heterocycles. The zero-order valence-electron chi connectivity index (χ0n) is 16.9. The average Bonchev–Trinajstić information content (AvgIpc) is 2.72. The zero-order valence-corrected chi connectivity index (χ0v) is 16.9. The van der Waals surface area contributed by atoms with Crippen molar-refractivity contribution in [2.45, 2.75) is 39.5 Å². The number of hydrogen-bond acceptors (Lipinski definition) is 3. The zero-order chi connectivity index (χ0) is 19.9. The minimum Gasteiger partial charge on any atom is -0.497 e. The fourth-order valence-electron chi connectivity index (χ4n) is 3.29. The SMILES string of the molecule is CCCCCCNC(=O)c1cc(-c2ccc(OC)cc2)nc2ccc(C)cc12. The van der Waals surface area contributed by atoms with Gasteiger partial charge >= 0.3 is 0 Å². The summed E-state index contributed by atoms with van der Waals surface area (Å²) in [6.07, 6.45) is 4.54. The first kappa shape index (κ1) is 19.9. The summed E-state index contributed by atoms with van der Waals surface area (Å²) in [4.78, 5) is 17.7. The molecule has 4 nitrogen and oxygen atoms in total. The minimum atomic E-state index is -0.0377. The van der Waals surface area contributed by atoms with E-state index < -0.39 is 0 Å². The van der Waals surface area contributed by atoms with Crippen molar-refractivity contribution in [2.24, 2.45) is 0 Å². The topological polar surface area (TPSA) is 51.2 Å². The second-order valence-corrected chi connectivity index (χ2v) is 7.12. The number of unbranched alkanes of at least 4 members (excludes halogenated alkanes) is 3. The van der Waals surface area contributed by atoms with Crippen molar-refractivity contribution in [3.63, 3.8) is 0 Å². The molecule has 3 aromatic rings. The molecule has 0 atom stereocenters. The Bertz CT molecular complexity index is 949. The molecule has 28 heavy (non-hydrogen) atoms. The van der Waals surface area contributed by atoms with Crippen molar-refractivity contribution >= 4 is 16.8 Å². The van der Waals surface area contributed by atoms with Gasteiger partial charge < -0.3 is 10.1 Å². The van der Waals surface area contributed by atoms with E-state index in [1.807, 2.05) is 55.5 Å². The second kappa shape index (κ2) is 9.36. The molecule has 0 aliphatic heterocycles. The Kier molecular flexibility index (Phi) is 6.64. The van der Waals surface area contributed by atoms with E-state index >= 15 is 0 Å². The Morgan fingerprint density at radius 3 is 2.54 bits per heavy atom. The van der Waals surface area contributed by atoms with Gasteiger partial charge in [0.15, 0.2) is 0 Å². The van der Waals surface area contributed by atoms with Gasteiger partial charge in [0, 0.05) is 17.5 Å². The normalized spacial score (nSPS) is 10.8. The lowest BCUT2D eigenvalue weighted by Gasteiger charge is -2.12. The molecular formula is C24H28N2O2. The number of hydrogen-bond donors (Lipinski definition) is 1. The van der Waals surface area contributed by atoms with Crippen molar-refractivity contribution < 1.29 is 9.53 Å². The first-order valence-electron chi connectivity index (χ1n) is 9.96. The molecule has 0 spiro atoms. The maximum absolute atomic E-state index is 12.9. The number of aryl methyl sites for hydroxylation is 1. The van der Waals surface area contributed by atoms with Crippen molar-refractivity contribution in [2.75, 3.05) is 13.7 Å². The summed E-state index contributed by atoms with van der Waals surface area (Å²) in [5.41, 5.74) is 4.36. The number of carbonyl (C=O) groups excluding carboxylic acids is 1. The number of rotatable bonds is 8. The lowest BCUT2D eigenvalue weighted by molar-refractivity contribution is 0.0954. The van der Waals surface area contributed by atoms with Gasteiger partial charge in [0.25, 0.3) is 5.91 Å². The van der Waals surface area contributed by atoms with E-state index in [9.17, 15) is 4.79 Å². The van der Waals surface area contributed by atoms with Crippen LogP contribution in [0.5, 0.6) is 5.75 Å². The number of methoxy groups -OCH3 is 1. The smallest absolute Gasteiger partial charge is 0.252 e. The summed E-state index contributed by atoms with van der Waals surface area (Å²) in [7, 11) is 1.65. The third-order valence-electron chi connectivity index (χ3n) is 4.91. The highest BCUT2D eigenvalue weighted by molar-refractivity contribution is 6.07. The van der Waals surface area contributed by atoms with Crippen LogP contribution in [0.1, 0.15) is 48.5 Å². The fraction of sp³-hybridized carbons (Fsp3) is 0.333. The second-order valence-electron chi connectivity index (χ2n) is 7.12. The number of fused-ring (bicyclic) bond motifs is 1. The van der Waals surface area contributed by atoms with Crippen LogP contribution in [0.15, 0.2) is 48.5 Å². The van der Waals surface area contributed by atoms with Crippen LogP contribution in [-0.2, 0) is 0 Å². The number of amides is 1. The van der Waals surface area contributed by atoms with E-state index in [0.717, 1.165) is 46.3 Å². The number of carbonyl (C=O) groups is 1. The summed E-state index contributed by atoms with van der Waals surface area (Å²) >= 11 is 0. The highest BCUT2D eigenvalue weighted by Gasteiger charge is 2.14. The summed E-state index contributed by atoms with van der Waals surface area (Å²) in [6.45, 7) is 4.92. The van der Waals surface area contributed by atoms with Crippen LogP contribution in [0.2, 0.25) is 0 Å². The quantitative estimate of drug-likeness (QED) is 0.526. The van der Waals surface area contributed by atoms with Crippen molar-refractivity contribution in [3.8, 4) is 17.0 Å². The maximum Gasteiger partial charge on any atom is 0.252 e. The monoisotopic (exact) mass is 376 g/mol. The molecule has 0 bridgehead atoms. The van der Waals surface area contributed by atoms with E-state index in [1.54, 1.807) is 7.11 Å². The number of aromatic nitrogens is 1. The van der Waals surface area contributed by atoms with Crippen LogP contribution in [0, 0.1) is 6.92 Å². The molecule has 0 saturated carbocycles. The van der Waals surface area contributed by atoms with Gasteiger partial charge in [0.05, 0.1) is 23.9 Å². The molecule has 4 heteroatoms. The fourth-order valence-corrected chi connectivity index (χ4v) is 3.29. The molecule has 0 fully saturated rings. The molecule has 1 N–H and O–H groups in total. The maximum atomic E-state index is 12.9. The van der Waals surface area contributed by atoms with Gasteiger partial charge in [-0.1, -0.05) is 37.8 Å². The highest BCUT2D eigenvalue weighted by atomic mass is 16.5. The molecule has 0 aliphatic rings. The van der Waals surface area contributed by atoms with Crippen LogP contribution in [0.3, 0.4) is 0 Å². The predicted octanol–water partition coefficient (Wildman–Crippen LogP) is 5.53. The third-order valence-corrected chi connectivity index (χ3v) is 4.91. The average molecular weight is 377 g/mol. The number of pyridine rings is 1. The Hall–Kier alpha value is -2.88. The largest absolute Gasteiger partial charge is 0.497 e. The Morgan fingerprint density at radius 2 is 1.82 bits per heavy atom. The van der Waals surface area contributed by atoms with Gasteiger partial charge in [-0.15, -0.1) is 0 Å². The molecule has 146 valence electrons. The van der Waals surface area contributed by atoms with Crippen LogP contribution in [0.25, 0.3) is 22.2 Å². The Balaban J connectivity index is 1.94. The molecule has 0 saturated heterocycles. The van der Waals surface area contributed by atoms with Crippen molar-refractivity contribution in [1.82, 2.24) is 10.3 Å². The van der Waals surface area contributed by atoms with Gasteiger partial charge in [-0.2, -0.15) is 0 Å². The predicted molar refractivity (Wildman–Crippen MR) is 115 cm³/mol. The molecule has 0 aliphatic carbocycles. The lowest BCUT2D eigenvalue weighted by Crippen LogP contribution is -2.24. The van der Waals surface area contributed by atoms with Crippen LogP contribution in [-0.4, -0.2) is 24.5 Å². The standard InChI is InChI=1S/C24H28N2O2/c1-4-5-6-7-14-25-24(27)21-16-23(18-9-11-19(28-3)12-10-18)26-22-13-8-17(2)15-20(21)22/h8-13,15-16H,4-7,14H2,1-3H3,(H,25,27). The number of nitrogens with zero attached hydrogens (tertiary/aromatic N) is 1. The van der Waals surface area contributed by atoms with E-state index in [-0.39, 0.29) is 5.91 Å². The number of benzene rings is 2. The summed E-state index contributed by atoms with van der Waals surface area (Å²) in [5, 5.41) is 3.97. The number of nitrogens with one attached hydrogen (secondary N) is 1. The first-order chi connectivity index (χ1) is 13.6. The van der Waals surface area contributed by atoms with Gasteiger partial charge in [0.2, 0.25) is 0 Å². The Morgan fingerprint density at radius 1 is 1.04 bits per heavy atom. The van der Waals surface area contributed by atoms with E-state index in [0.29, 0.717) is 12.1 Å². The molecule has 0 radical (unpaired) electrons. The summed E-state index contributed by atoms with van der Waals surface area (Å²) in [6, 6.07) is 15.7. The summed E-state index contributed by atoms with van der Waals surface area (Å²) < 4.78 is 5.24. The van der Waals surface area contributed by atoms with E-state index in [4.69, 9.17) is 9.72 Å². The molecule has 3 rings (SSSR count). The van der Waals surface area contributed by atoms with Gasteiger partial charge in [-0.3, -0.25) is 4.79 Å². The molecule has 1 amide bonds. The molecule has 2 aromatic carbocycles. The highest BCUT2D eigenvalue weighted by Crippen LogP contribution is 2.27. The van der Waals surface area contributed by atoms with Crippen LogP contribution in [0.4, 0.5) is 0 Å². The molecule has 0 unspecified atom stereocenters. The Labute approximate surface area is 166 Å².